The molecule has 3 aliphatic heterocycles. The number of thiophene rings is 1. The number of hydrogen-bond donors (Lipinski definition) is 0. The topological polar surface area (TPSA) is 81.2 Å². The fourth-order valence-electron chi connectivity index (χ4n) is 4.32. The molecule has 3 fully saturated rings. The van der Waals surface area contributed by atoms with E-state index in [2.05, 4.69) is 4.90 Å². The molecule has 4 rings (SSSR count). The van der Waals surface area contributed by atoms with Gasteiger partial charge in [-0.2, -0.15) is 4.31 Å². The maximum Gasteiger partial charge on any atom is 0.252 e. The second-order valence-electron chi connectivity index (χ2n) is 8.25. The number of amides is 2. The summed E-state index contributed by atoms with van der Waals surface area (Å²) < 4.78 is 27.2. The molecular weight excluding hydrogens is 424 g/mol. The predicted molar refractivity (Wildman–Crippen MR) is 115 cm³/mol. The fraction of sp³-hybridized carbons (Fsp3) is 0.700. The summed E-state index contributed by atoms with van der Waals surface area (Å²) in [5.41, 5.74) is 0. The average Bonchev–Trinajstić information content (AvgIpc) is 3.50. The van der Waals surface area contributed by atoms with E-state index in [-0.39, 0.29) is 18.2 Å². The van der Waals surface area contributed by atoms with Gasteiger partial charge < -0.3 is 9.80 Å². The molecule has 0 saturated carbocycles. The normalized spacial score (nSPS) is 21.5. The van der Waals surface area contributed by atoms with Crippen molar-refractivity contribution in [2.45, 2.75) is 36.3 Å². The largest absolute Gasteiger partial charge is 0.342 e. The molecule has 0 N–H and O–H groups in total. The monoisotopic (exact) mass is 454 g/mol. The Bertz CT molecular complexity index is 865. The van der Waals surface area contributed by atoms with E-state index in [1.165, 1.54) is 15.6 Å². The Labute approximate surface area is 182 Å². The summed E-state index contributed by atoms with van der Waals surface area (Å²) in [5.74, 6) is 0.213. The molecule has 4 heterocycles. The van der Waals surface area contributed by atoms with Gasteiger partial charge in [0.05, 0.1) is 13.0 Å². The Hall–Kier alpha value is -1.49. The van der Waals surface area contributed by atoms with Gasteiger partial charge in [-0.05, 0) is 37.8 Å². The summed E-state index contributed by atoms with van der Waals surface area (Å²) in [6, 6.07) is 3.39. The van der Waals surface area contributed by atoms with Crippen molar-refractivity contribution >= 4 is 33.2 Å². The van der Waals surface area contributed by atoms with E-state index in [9.17, 15) is 18.0 Å². The lowest BCUT2D eigenvalue weighted by Crippen LogP contribution is -2.51. The third-order valence-corrected chi connectivity index (χ3v) is 9.62. The molecule has 8 nitrogen and oxygen atoms in total. The van der Waals surface area contributed by atoms with E-state index >= 15 is 0 Å². The maximum absolute atomic E-state index is 12.7. The van der Waals surface area contributed by atoms with Gasteiger partial charge in [-0.1, -0.05) is 0 Å². The number of nitrogens with zero attached hydrogens (tertiary/aromatic N) is 4. The number of sulfonamides is 1. The first-order chi connectivity index (χ1) is 14.4. The van der Waals surface area contributed by atoms with Crippen LogP contribution >= 0.6 is 11.3 Å². The van der Waals surface area contributed by atoms with Crippen molar-refractivity contribution in [3.05, 3.63) is 17.0 Å². The van der Waals surface area contributed by atoms with Crippen molar-refractivity contribution in [1.29, 1.82) is 0 Å². The molecule has 1 aromatic rings. The van der Waals surface area contributed by atoms with Gasteiger partial charge in [0.15, 0.2) is 0 Å². The molecule has 2 amide bonds. The summed E-state index contributed by atoms with van der Waals surface area (Å²) in [7, 11) is -3.42. The zero-order valence-corrected chi connectivity index (χ0v) is 18.9. The molecular formula is C20H30N4O4S2. The Morgan fingerprint density at radius 2 is 1.40 bits per heavy atom. The van der Waals surface area contributed by atoms with Crippen LogP contribution in [0.3, 0.4) is 0 Å². The van der Waals surface area contributed by atoms with Gasteiger partial charge >= 0.3 is 0 Å². The van der Waals surface area contributed by atoms with Crippen molar-refractivity contribution in [2.75, 3.05) is 58.9 Å². The number of likely N-dealkylation sites (tertiary alicyclic amines) is 1. The van der Waals surface area contributed by atoms with Crippen molar-refractivity contribution < 1.29 is 18.0 Å². The van der Waals surface area contributed by atoms with Crippen molar-refractivity contribution in [3.63, 3.8) is 0 Å². The average molecular weight is 455 g/mol. The zero-order chi connectivity index (χ0) is 21.1. The summed E-state index contributed by atoms with van der Waals surface area (Å²) in [6.45, 7) is 5.95. The molecule has 0 spiro atoms. The lowest BCUT2D eigenvalue weighted by molar-refractivity contribution is -0.134. The highest BCUT2D eigenvalue weighted by molar-refractivity contribution is 7.91. The quantitative estimate of drug-likeness (QED) is 0.636. The Balaban J connectivity index is 1.26. The van der Waals surface area contributed by atoms with Crippen LogP contribution in [0.25, 0.3) is 0 Å². The van der Waals surface area contributed by atoms with Crippen molar-refractivity contribution in [3.8, 4) is 0 Å². The minimum Gasteiger partial charge on any atom is -0.342 e. The summed E-state index contributed by atoms with van der Waals surface area (Å²) in [4.78, 5) is 31.7. The van der Waals surface area contributed by atoms with E-state index in [1.54, 1.807) is 12.1 Å². The summed E-state index contributed by atoms with van der Waals surface area (Å²) in [6.07, 6.45) is 4.24. The minimum absolute atomic E-state index is 0.0208. The molecule has 166 valence electrons. The van der Waals surface area contributed by atoms with Crippen LogP contribution in [0.5, 0.6) is 0 Å². The second kappa shape index (κ2) is 9.33. The van der Waals surface area contributed by atoms with Crippen molar-refractivity contribution in [1.82, 2.24) is 19.0 Å². The number of hydrogen-bond acceptors (Lipinski definition) is 6. The van der Waals surface area contributed by atoms with Crippen LogP contribution in [0.15, 0.2) is 16.3 Å². The van der Waals surface area contributed by atoms with Crippen LogP contribution in [0.1, 0.15) is 30.6 Å². The molecule has 0 unspecified atom stereocenters. The van der Waals surface area contributed by atoms with Crippen LogP contribution in [-0.2, 0) is 26.0 Å². The number of piperazine rings is 1. The molecule has 0 aliphatic carbocycles. The number of carbonyl (C=O) groups is 2. The minimum atomic E-state index is -3.42. The summed E-state index contributed by atoms with van der Waals surface area (Å²) in [5, 5.41) is 0. The highest BCUT2D eigenvalue weighted by atomic mass is 32.2. The maximum atomic E-state index is 12.7. The second-order valence-corrected chi connectivity index (χ2v) is 11.6. The first-order valence-electron chi connectivity index (χ1n) is 10.8. The van der Waals surface area contributed by atoms with Gasteiger partial charge in [-0.15, -0.1) is 11.3 Å². The SMILES string of the molecule is O=C(Cc1ccc(S(=O)(=O)N2CCCC2)s1)N1CCN(CC(=O)N2CCCC2)CC1. The van der Waals surface area contributed by atoms with E-state index in [4.69, 9.17) is 0 Å². The molecule has 0 atom stereocenters. The van der Waals surface area contributed by atoms with Crippen LogP contribution in [0.2, 0.25) is 0 Å². The van der Waals surface area contributed by atoms with Gasteiger partial charge in [-0.3, -0.25) is 14.5 Å². The van der Waals surface area contributed by atoms with Crippen LogP contribution in [0, 0.1) is 0 Å². The molecule has 3 aliphatic rings. The first-order valence-corrected chi connectivity index (χ1v) is 13.1. The van der Waals surface area contributed by atoms with E-state index in [1.807, 2.05) is 9.80 Å². The number of carbonyl (C=O) groups excluding carboxylic acids is 2. The lowest BCUT2D eigenvalue weighted by atomic mass is 10.2. The molecule has 1 aromatic heterocycles. The zero-order valence-electron chi connectivity index (χ0n) is 17.3. The highest BCUT2D eigenvalue weighted by Gasteiger charge is 2.29. The van der Waals surface area contributed by atoms with Gasteiger partial charge in [0, 0.05) is 57.2 Å². The van der Waals surface area contributed by atoms with Crippen molar-refractivity contribution in [2.24, 2.45) is 0 Å². The molecule has 3 saturated heterocycles. The Morgan fingerprint density at radius 3 is 2.07 bits per heavy atom. The third kappa shape index (κ3) is 4.87. The fourth-order valence-corrected chi connectivity index (χ4v) is 7.34. The Kier molecular flexibility index (Phi) is 6.76. The number of rotatable bonds is 6. The van der Waals surface area contributed by atoms with Gasteiger partial charge in [0.1, 0.15) is 4.21 Å². The van der Waals surface area contributed by atoms with E-state index in [0.717, 1.165) is 43.6 Å². The van der Waals surface area contributed by atoms with Gasteiger partial charge in [-0.25, -0.2) is 8.42 Å². The smallest absolute Gasteiger partial charge is 0.252 e. The van der Waals surface area contributed by atoms with Crippen LogP contribution in [-0.4, -0.2) is 98.1 Å². The van der Waals surface area contributed by atoms with E-state index in [0.29, 0.717) is 50.0 Å². The first kappa shape index (κ1) is 21.7. The van der Waals surface area contributed by atoms with Gasteiger partial charge in [0.25, 0.3) is 10.0 Å². The highest BCUT2D eigenvalue weighted by Crippen LogP contribution is 2.28. The van der Waals surface area contributed by atoms with E-state index < -0.39 is 10.0 Å². The predicted octanol–water partition coefficient (Wildman–Crippen LogP) is 0.842. The standard InChI is InChI=1S/C20H30N4O4S2/c25-18(15-17-5-6-20(29-17)30(27,28)24-9-3-4-10-24)23-13-11-21(12-14-23)16-19(26)22-7-1-2-8-22/h5-6H,1-4,7-16H2. The van der Waals surface area contributed by atoms with Crippen LogP contribution in [0.4, 0.5) is 0 Å². The lowest BCUT2D eigenvalue weighted by Gasteiger charge is -2.35. The molecule has 0 aromatic carbocycles. The molecule has 0 bridgehead atoms. The Morgan fingerprint density at radius 1 is 0.800 bits per heavy atom. The summed E-state index contributed by atoms with van der Waals surface area (Å²) >= 11 is 1.20. The third-order valence-electron chi connectivity index (χ3n) is 6.16. The van der Waals surface area contributed by atoms with Crippen LogP contribution < -0.4 is 0 Å². The molecule has 10 heteroatoms. The van der Waals surface area contributed by atoms with Gasteiger partial charge in [0.2, 0.25) is 11.8 Å². The molecule has 30 heavy (non-hydrogen) atoms. The molecule has 0 radical (unpaired) electrons.